The summed E-state index contributed by atoms with van der Waals surface area (Å²) in [5.74, 6) is 1.07. The van der Waals surface area contributed by atoms with Gasteiger partial charge in [-0.2, -0.15) is 0 Å². The van der Waals surface area contributed by atoms with Gasteiger partial charge in [0.2, 0.25) is 11.8 Å². The van der Waals surface area contributed by atoms with Gasteiger partial charge >= 0.3 is 0 Å². The zero-order valence-corrected chi connectivity index (χ0v) is 13.3. The van der Waals surface area contributed by atoms with Crippen LogP contribution in [0, 0.1) is 11.8 Å². The van der Waals surface area contributed by atoms with E-state index in [1.54, 1.807) is 26.1 Å². The van der Waals surface area contributed by atoms with E-state index in [1.807, 2.05) is 0 Å². The summed E-state index contributed by atoms with van der Waals surface area (Å²) in [5.41, 5.74) is 0. The van der Waals surface area contributed by atoms with Gasteiger partial charge in [0.05, 0.1) is 19.2 Å². The van der Waals surface area contributed by atoms with Crippen molar-refractivity contribution in [1.82, 2.24) is 15.1 Å². The number of carbonyl (C=O) groups is 2. The second-order valence-electron chi connectivity index (χ2n) is 6.28. The fraction of sp³-hybridized carbons (Fsp3) is 0.867. The first-order valence-corrected chi connectivity index (χ1v) is 7.76. The lowest BCUT2D eigenvalue weighted by Crippen LogP contribution is -2.50. The van der Waals surface area contributed by atoms with Gasteiger partial charge in [0.25, 0.3) is 0 Å². The number of ether oxygens (including phenoxy) is 1. The molecular weight excluding hydrogens is 270 g/mol. The van der Waals surface area contributed by atoms with Crippen molar-refractivity contribution in [3.8, 4) is 0 Å². The number of nitrogens with one attached hydrogen (secondary N) is 1. The third-order valence-corrected chi connectivity index (χ3v) is 4.71. The molecule has 2 fully saturated rings. The van der Waals surface area contributed by atoms with Crippen LogP contribution in [-0.2, 0) is 14.3 Å². The monoisotopic (exact) mass is 297 g/mol. The fourth-order valence-electron chi connectivity index (χ4n) is 3.43. The van der Waals surface area contributed by atoms with Crippen LogP contribution >= 0.6 is 0 Å². The predicted molar refractivity (Wildman–Crippen MR) is 79.8 cm³/mol. The Balaban J connectivity index is 2.01. The van der Waals surface area contributed by atoms with Gasteiger partial charge in [0.1, 0.15) is 0 Å². The smallest absolute Gasteiger partial charge is 0.241 e. The van der Waals surface area contributed by atoms with E-state index in [0.717, 1.165) is 13.0 Å². The van der Waals surface area contributed by atoms with Crippen LogP contribution in [0.1, 0.15) is 19.3 Å². The Bertz CT molecular complexity index is 386. The highest BCUT2D eigenvalue weighted by Crippen LogP contribution is 2.38. The van der Waals surface area contributed by atoms with Crippen molar-refractivity contribution >= 4 is 11.8 Å². The number of methoxy groups -OCH3 is 1. The zero-order valence-electron chi connectivity index (χ0n) is 13.3. The van der Waals surface area contributed by atoms with Gasteiger partial charge in [-0.3, -0.25) is 9.59 Å². The van der Waals surface area contributed by atoms with Gasteiger partial charge in [0, 0.05) is 27.7 Å². The average Bonchev–Trinajstić information content (AvgIpc) is 3.04. The van der Waals surface area contributed by atoms with Crippen molar-refractivity contribution < 1.29 is 14.3 Å². The lowest BCUT2D eigenvalue weighted by molar-refractivity contribution is -0.141. The molecule has 2 aliphatic rings. The van der Waals surface area contributed by atoms with E-state index in [4.69, 9.17) is 4.74 Å². The number of hydrogen-bond acceptors (Lipinski definition) is 4. The van der Waals surface area contributed by atoms with Crippen molar-refractivity contribution in [2.45, 2.75) is 25.3 Å². The van der Waals surface area contributed by atoms with Crippen LogP contribution in [0.4, 0.5) is 0 Å². The molecule has 2 amide bonds. The summed E-state index contributed by atoms with van der Waals surface area (Å²) in [6.07, 6.45) is 3.56. The second kappa shape index (κ2) is 7.22. The Morgan fingerprint density at radius 3 is 2.71 bits per heavy atom. The summed E-state index contributed by atoms with van der Waals surface area (Å²) in [4.78, 5) is 27.9. The molecule has 120 valence electrons. The van der Waals surface area contributed by atoms with Crippen LogP contribution in [0.3, 0.4) is 0 Å². The quantitative estimate of drug-likeness (QED) is 0.746. The van der Waals surface area contributed by atoms with Crippen LogP contribution < -0.4 is 5.32 Å². The summed E-state index contributed by atoms with van der Waals surface area (Å²) in [6.45, 7) is 1.98. The molecule has 1 N–H and O–H groups in total. The minimum absolute atomic E-state index is 0.0525. The molecule has 0 radical (unpaired) electrons. The topological polar surface area (TPSA) is 61.9 Å². The van der Waals surface area contributed by atoms with Gasteiger partial charge in [-0.05, 0) is 31.2 Å². The van der Waals surface area contributed by atoms with Crippen LogP contribution in [0.25, 0.3) is 0 Å². The molecule has 0 aromatic rings. The van der Waals surface area contributed by atoms with Crippen LogP contribution in [0.2, 0.25) is 0 Å². The van der Waals surface area contributed by atoms with E-state index < -0.39 is 0 Å². The molecule has 2 rings (SSSR count). The van der Waals surface area contributed by atoms with Crippen LogP contribution in [0.5, 0.6) is 0 Å². The maximum Gasteiger partial charge on any atom is 0.241 e. The highest BCUT2D eigenvalue weighted by Gasteiger charge is 2.43. The Morgan fingerprint density at radius 1 is 1.29 bits per heavy atom. The van der Waals surface area contributed by atoms with Crippen LogP contribution in [-0.4, -0.2) is 75.1 Å². The second-order valence-corrected chi connectivity index (χ2v) is 6.28. The number of nitrogens with zero attached hydrogens (tertiary/aromatic N) is 2. The molecule has 1 heterocycles. The summed E-state index contributed by atoms with van der Waals surface area (Å²) in [7, 11) is 5.03. The third-order valence-electron chi connectivity index (χ3n) is 4.71. The van der Waals surface area contributed by atoms with Crippen molar-refractivity contribution in [3.05, 3.63) is 0 Å². The molecule has 3 atom stereocenters. The first-order valence-electron chi connectivity index (χ1n) is 7.76. The molecular formula is C15H27N3O3. The van der Waals surface area contributed by atoms with E-state index in [2.05, 4.69) is 5.32 Å². The third kappa shape index (κ3) is 3.74. The lowest BCUT2D eigenvalue weighted by atomic mass is 9.93. The average molecular weight is 297 g/mol. The molecule has 1 saturated heterocycles. The molecule has 1 saturated carbocycles. The first kappa shape index (κ1) is 16.2. The SMILES string of the molecule is COCCN(CC(=O)N(C)C)C(=O)C1NCC2CCCC21. The number of amides is 2. The molecule has 3 unspecified atom stereocenters. The molecule has 0 spiro atoms. The maximum absolute atomic E-state index is 12.8. The zero-order chi connectivity index (χ0) is 15.4. The Hall–Kier alpha value is -1.14. The molecule has 0 aromatic heterocycles. The van der Waals surface area contributed by atoms with Crippen molar-refractivity contribution in [2.24, 2.45) is 11.8 Å². The highest BCUT2D eigenvalue weighted by molar-refractivity contribution is 5.88. The molecule has 0 bridgehead atoms. The van der Waals surface area contributed by atoms with Gasteiger partial charge < -0.3 is 19.9 Å². The summed E-state index contributed by atoms with van der Waals surface area (Å²) in [6, 6.07) is -0.121. The van der Waals surface area contributed by atoms with Crippen molar-refractivity contribution in [1.29, 1.82) is 0 Å². The van der Waals surface area contributed by atoms with Crippen LogP contribution in [0.15, 0.2) is 0 Å². The molecule has 1 aliphatic carbocycles. The predicted octanol–water partition coefficient (Wildman–Crippen LogP) is -0.0623. The lowest BCUT2D eigenvalue weighted by Gasteiger charge is -2.28. The molecule has 21 heavy (non-hydrogen) atoms. The summed E-state index contributed by atoms with van der Waals surface area (Å²) in [5, 5.41) is 3.36. The standard InChI is InChI=1S/C15H27N3O3/c1-17(2)13(19)10-18(7-8-21-3)15(20)14-12-6-4-5-11(12)9-16-14/h11-12,14,16H,4-10H2,1-3H3. The Morgan fingerprint density at radius 2 is 2.05 bits per heavy atom. The van der Waals surface area contributed by atoms with E-state index in [0.29, 0.717) is 25.0 Å². The number of fused-ring (bicyclic) bond motifs is 1. The van der Waals surface area contributed by atoms with Gasteiger partial charge in [-0.15, -0.1) is 0 Å². The van der Waals surface area contributed by atoms with Crippen molar-refractivity contribution in [2.75, 3.05) is 47.4 Å². The summed E-state index contributed by atoms with van der Waals surface area (Å²) >= 11 is 0. The van der Waals surface area contributed by atoms with Gasteiger partial charge in [-0.25, -0.2) is 0 Å². The normalized spacial score (nSPS) is 27.5. The minimum atomic E-state index is -0.121. The van der Waals surface area contributed by atoms with Crippen molar-refractivity contribution in [3.63, 3.8) is 0 Å². The molecule has 6 nitrogen and oxygen atoms in total. The van der Waals surface area contributed by atoms with E-state index in [1.165, 1.54) is 17.7 Å². The minimum Gasteiger partial charge on any atom is -0.383 e. The number of carbonyl (C=O) groups excluding carboxylic acids is 2. The molecule has 1 aliphatic heterocycles. The van der Waals surface area contributed by atoms with E-state index in [9.17, 15) is 9.59 Å². The molecule has 6 heteroatoms. The number of hydrogen-bond donors (Lipinski definition) is 1. The fourth-order valence-corrected chi connectivity index (χ4v) is 3.43. The van der Waals surface area contributed by atoms with Gasteiger partial charge in [-0.1, -0.05) is 6.42 Å². The Kier molecular flexibility index (Phi) is 5.58. The number of likely N-dealkylation sites (N-methyl/N-ethyl adjacent to an activating group) is 1. The van der Waals surface area contributed by atoms with E-state index in [-0.39, 0.29) is 24.4 Å². The maximum atomic E-state index is 12.8. The largest absolute Gasteiger partial charge is 0.383 e. The number of rotatable bonds is 6. The molecule has 0 aromatic carbocycles. The highest BCUT2D eigenvalue weighted by atomic mass is 16.5. The summed E-state index contributed by atoms with van der Waals surface area (Å²) < 4.78 is 5.07. The first-order chi connectivity index (χ1) is 10.0. The Labute approximate surface area is 126 Å². The van der Waals surface area contributed by atoms with Gasteiger partial charge in [0.15, 0.2) is 0 Å². The van der Waals surface area contributed by atoms with E-state index >= 15 is 0 Å².